The molecule has 1 aromatic heterocycles. The third-order valence-electron chi connectivity index (χ3n) is 4.14. The molecule has 1 heterocycles. The molecule has 0 fully saturated rings. The van der Waals surface area contributed by atoms with Crippen molar-refractivity contribution in [3.8, 4) is 0 Å². The molecule has 0 saturated heterocycles. The first-order valence-electron chi connectivity index (χ1n) is 8.04. The summed E-state index contributed by atoms with van der Waals surface area (Å²) in [5.74, 6) is -3.21. The van der Waals surface area contributed by atoms with Crippen molar-refractivity contribution in [2.75, 3.05) is 0 Å². The number of carbonyl (C=O) groups excluding carboxylic acids is 1. The largest absolute Gasteiger partial charge is 0.456 e. The van der Waals surface area contributed by atoms with Gasteiger partial charge in [0.1, 0.15) is 11.2 Å². The van der Waals surface area contributed by atoms with Crippen LogP contribution in [0.5, 0.6) is 0 Å². The third-order valence-corrected chi connectivity index (χ3v) is 5.38. The van der Waals surface area contributed by atoms with Gasteiger partial charge in [0, 0.05) is 16.3 Å². The Balaban J connectivity index is 1.58. The molecule has 0 saturated carbocycles. The molecule has 0 aliphatic carbocycles. The number of hydrogen-bond donors (Lipinski definition) is 2. The Bertz CT molecular complexity index is 1330. The van der Waals surface area contributed by atoms with Crippen molar-refractivity contribution in [2.45, 2.75) is 4.90 Å². The maximum atomic E-state index is 13.3. The van der Waals surface area contributed by atoms with Gasteiger partial charge in [0.2, 0.25) is 0 Å². The van der Waals surface area contributed by atoms with Gasteiger partial charge in [-0.05, 0) is 42.5 Å². The fourth-order valence-electron chi connectivity index (χ4n) is 2.76. The molecule has 0 aliphatic rings. The molecule has 28 heavy (non-hydrogen) atoms. The number of sulfonamides is 1. The molecule has 4 aromatic rings. The van der Waals surface area contributed by atoms with E-state index in [2.05, 4.69) is 5.43 Å². The molecule has 0 aliphatic heterocycles. The van der Waals surface area contributed by atoms with Crippen molar-refractivity contribution >= 4 is 37.9 Å². The van der Waals surface area contributed by atoms with Gasteiger partial charge in [-0.3, -0.25) is 10.2 Å². The van der Waals surface area contributed by atoms with Gasteiger partial charge in [0.25, 0.3) is 15.9 Å². The lowest BCUT2D eigenvalue weighted by molar-refractivity contribution is 0.0945. The second kappa shape index (κ2) is 6.70. The summed E-state index contributed by atoms with van der Waals surface area (Å²) in [5, 5.41) is 1.52. The summed E-state index contributed by atoms with van der Waals surface area (Å²) in [5.41, 5.74) is 3.48. The number of hydrogen-bond acceptors (Lipinski definition) is 4. The average molecular weight is 402 g/mol. The SMILES string of the molecule is O=C(NNS(=O)(=O)c1ccc(F)c(F)c1)c1ccc2oc3ccccc3c2c1. The van der Waals surface area contributed by atoms with E-state index in [0.29, 0.717) is 28.7 Å². The van der Waals surface area contributed by atoms with E-state index >= 15 is 0 Å². The summed E-state index contributed by atoms with van der Waals surface area (Å²) < 4.78 is 56.2. The monoisotopic (exact) mass is 402 g/mol. The van der Waals surface area contributed by atoms with Gasteiger partial charge in [-0.1, -0.05) is 18.2 Å². The second-order valence-electron chi connectivity index (χ2n) is 5.94. The van der Waals surface area contributed by atoms with E-state index in [9.17, 15) is 22.0 Å². The van der Waals surface area contributed by atoms with Crippen molar-refractivity contribution in [2.24, 2.45) is 0 Å². The minimum atomic E-state index is -4.28. The number of hydrazine groups is 1. The number of furan rings is 1. The molecule has 0 unspecified atom stereocenters. The van der Waals surface area contributed by atoms with Gasteiger partial charge in [-0.25, -0.2) is 17.2 Å². The Morgan fingerprint density at radius 2 is 1.61 bits per heavy atom. The molecule has 1 amide bonds. The molecule has 3 aromatic carbocycles. The standard InChI is InChI=1S/C19H12F2N2O4S/c20-15-7-6-12(10-16(15)21)28(25,26)23-22-19(24)11-5-8-18-14(9-11)13-3-1-2-4-17(13)27-18/h1-10,23H,(H,22,24). The van der Waals surface area contributed by atoms with E-state index in [1.807, 2.05) is 23.0 Å². The third kappa shape index (κ3) is 3.21. The van der Waals surface area contributed by atoms with E-state index in [0.717, 1.165) is 11.5 Å². The Hall–Kier alpha value is -3.30. The maximum Gasteiger partial charge on any atom is 0.266 e. The second-order valence-corrected chi connectivity index (χ2v) is 7.63. The predicted octanol–water partition coefficient (Wildman–Crippen LogP) is 3.49. The summed E-state index contributed by atoms with van der Waals surface area (Å²) in [6.45, 7) is 0. The highest BCUT2D eigenvalue weighted by molar-refractivity contribution is 7.89. The summed E-state index contributed by atoms with van der Waals surface area (Å²) in [6, 6.07) is 14.0. The quantitative estimate of drug-likeness (QED) is 0.512. The first kappa shape index (κ1) is 18.1. The molecule has 0 atom stereocenters. The van der Waals surface area contributed by atoms with Gasteiger partial charge in [-0.15, -0.1) is 4.83 Å². The number of carbonyl (C=O) groups is 1. The van der Waals surface area contributed by atoms with Crippen LogP contribution in [0.2, 0.25) is 0 Å². The van der Waals surface area contributed by atoms with Crippen molar-refractivity contribution in [3.05, 3.63) is 77.9 Å². The van der Waals surface area contributed by atoms with Crippen LogP contribution in [0.4, 0.5) is 8.78 Å². The van der Waals surface area contributed by atoms with Gasteiger partial charge < -0.3 is 4.42 Å². The molecular weight excluding hydrogens is 390 g/mol. The van der Waals surface area contributed by atoms with E-state index in [-0.39, 0.29) is 5.56 Å². The van der Waals surface area contributed by atoms with Gasteiger partial charge in [0.05, 0.1) is 4.90 Å². The van der Waals surface area contributed by atoms with Crippen molar-refractivity contribution < 1.29 is 26.4 Å². The number of rotatable bonds is 4. The molecule has 6 nitrogen and oxygen atoms in total. The highest BCUT2D eigenvalue weighted by Crippen LogP contribution is 2.29. The van der Waals surface area contributed by atoms with E-state index in [1.165, 1.54) is 6.07 Å². The zero-order valence-electron chi connectivity index (χ0n) is 14.1. The Labute approximate surface area is 157 Å². The molecule has 9 heteroatoms. The summed E-state index contributed by atoms with van der Waals surface area (Å²) >= 11 is 0. The Kier molecular flexibility index (Phi) is 4.33. The molecule has 0 spiro atoms. The van der Waals surface area contributed by atoms with Crippen LogP contribution in [0.15, 0.2) is 70.0 Å². The highest BCUT2D eigenvalue weighted by atomic mass is 32.2. The van der Waals surface area contributed by atoms with Crippen molar-refractivity contribution in [1.29, 1.82) is 0 Å². The minimum absolute atomic E-state index is 0.187. The van der Waals surface area contributed by atoms with E-state index < -0.39 is 32.5 Å². The van der Waals surface area contributed by atoms with E-state index in [1.54, 1.807) is 18.2 Å². The van der Waals surface area contributed by atoms with Crippen LogP contribution < -0.4 is 10.3 Å². The molecule has 142 valence electrons. The number of fused-ring (bicyclic) bond motifs is 3. The highest BCUT2D eigenvalue weighted by Gasteiger charge is 2.18. The van der Waals surface area contributed by atoms with Crippen LogP contribution in [0.25, 0.3) is 21.9 Å². The number of nitrogens with one attached hydrogen (secondary N) is 2. The average Bonchev–Trinajstić information content (AvgIpc) is 3.06. The summed E-state index contributed by atoms with van der Waals surface area (Å²) in [7, 11) is -4.28. The molecule has 4 rings (SSSR count). The number of benzene rings is 3. The van der Waals surface area contributed by atoms with Gasteiger partial charge >= 0.3 is 0 Å². The van der Waals surface area contributed by atoms with Gasteiger partial charge in [0.15, 0.2) is 11.6 Å². The zero-order chi connectivity index (χ0) is 19.9. The van der Waals surface area contributed by atoms with Crippen LogP contribution >= 0.6 is 0 Å². The van der Waals surface area contributed by atoms with Gasteiger partial charge in [-0.2, -0.15) is 0 Å². The molecule has 0 bridgehead atoms. The summed E-state index contributed by atoms with van der Waals surface area (Å²) in [4.78, 5) is 13.7. The molecule has 2 N–H and O–H groups in total. The predicted molar refractivity (Wildman–Crippen MR) is 97.9 cm³/mol. The summed E-state index contributed by atoms with van der Waals surface area (Å²) in [6.07, 6.45) is 0. The Morgan fingerprint density at radius 1 is 0.857 bits per heavy atom. The maximum absolute atomic E-state index is 13.3. The number of halogens is 2. The number of para-hydroxylation sites is 1. The minimum Gasteiger partial charge on any atom is -0.456 e. The normalized spacial score (nSPS) is 11.8. The van der Waals surface area contributed by atoms with Crippen LogP contribution in [0, 0.1) is 11.6 Å². The first-order chi connectivity index (χ1) is 13.3. The van der Waals surface area contributed by atoms with E-state index in [4.69, 9.17) is 4.42 Å². The lowest BCUT2D eigenvalue weighted by Crippen LogP contribution is -2.41. The fraction of sp³-hybridized carbons (Fsp3) is 0. The lowest BCUT2D eigenvalue weighted by atomic mass is 10.1. The van der Waals surface area contributed by atoms with Crippen LogP contribution in [-0.2, 0) is 10.0 Å². The number of amides is 1. The van der Waals surface area contributed by atoms with Crippen LogP contribution in [-0.4, -0.2) is 14.3 Å². The molecular formula is C19H12F2N2O4S. The zero-order valence-corrected chi connectivity index (χ0v) is 14.9. The van der Waals surface area contributed by atoms with Crippen LogP contribution in [0.1, 0.15) is 10.4 Å². The Morgan fingerprint density at radius 3 is 2.39 bits per heavy atom. The smallest absolute Gasteiger partial charge is 0.266 e. The fourth-order valence-corrected chi connectivity index (χ4v) is 3.61. The lowest BCUT2D eigenvalue weighted by Gasteiger charge is -2.09. The topological polar surface area (TPSA) is 88.4 Å². The molecule has 0 radical (unpaired) electrons. The van der Waals surface area contributed by atoms with Crippen molar-refractivity contribution in [1.82, 2.24) is 10.3 Å². The van der Waals surface area contributed by atoms with Crippen LogP contribution in [0.3, 0.4) is 0 Å². The first-order valence-corrected chi connectivity index (χ1v) is 9.52. The van der Waals surface area contributed by atoms with Crippen molar-refractivity contribution in [3.63, 3.8) is 0 Å².